The molecule has 0 saturated carbocycles. The summed E-state index contributed by atoms with van der Waals surface area (Å²) < 4.78 is 0. The van der Waals surface area contributed by atoms with E-state index in [-0.39, 0.29) is 17.5 Å². The van der Waals surface area contributed by atoms with Crippen molar-refractivity contribution < 1.29 is 4.92 Å². The molecule has 0 saturated heterocycles. The molecule has 2 aromatic carbocycles. The zero-order valence-corrected chi connectivity index (χ0v) is 11.6. The molecule has 1 atom stereocenters. The van der Waals surface area contributed by atoms with Crippen LogP contribution in [-0.2, 0) is 6.54 Å². The molecule has 1 unspecified atom stereocenters. The second-order valence-electron chi connectivity index (χ2n) is 4.49. The van der Waals surface area contributed by atoms with Crippen LogP contribution in [0.25, 0.3) is 0 Å². The van der Waals surface area contributed by atoms with Crippen molar-refractivity contribution in [2.45, 2.75) is 12.6 Å². The van der Waals surface area contributed by atoms with Crippen LogP contribution in [0, 0.1) is 10.1 Å². The van der Waals surface area contributed by atoms with Crippen LogP contribution < -0.4 is 5.32 Å². The van der Waals surface area contributed by atoms with Gasteiger partial charge in [0.15, 0.2) is 0 Å². The largest absolute Gasteiger partial charge is 0.300 e. The molecular formula is C15H15ClN2O2. The van der Waals surface area contributed by atoms with Gasteiger partial charge in [0.05, 0.1) is 6.04 Å². The number of hydrogen-bond acceptors (Lipinski definition) is 3. The predicted octanol–water partition coefficient (Wildman–Crippen LogP) is 3.45. The van der Waals surface area contributed by atoms with Gasteiger partial charge in [0.1, 0.15) is 0 Å². The maximum Gasteiger partial charge on any atom is 0.223 e. The Morgan fingerprint density at radius 2 is 1.75 bits per heavy atom. The number of benzene rings is 2. The smallest absolute Gasteiger partial charge is 0.223 e. The Hall–Kier alpha value is -1.91. The van der Waals surface area contributed by atoms with Crippen LogP contribution in [0.4, 0.5) is 0 Å². The van der Waals surface area contributed by atoms with Crippen LogP contribution in [0.1, 0.15) is 17.2 Å². The van der Waals surface area contributed by atoms with Gasteiger partial charge in [0, 0.05) is 16.5 Å². The van der Waals surface area contributed by atoms with Gasteiger partial charge < -0.3 is 5.32 Å². The molecule has 2 aromatic rings. The highest BCUT2D eigenvalue weighted by Gasteiger charge is 2.17. The van der Waals surface area contributed by atoms with Crippen molar-refractivity contribution in [3.05, 3.63) is 80.9 Å². The van der Waals surface area contributed by atoms with Crippen molar-refractivity contribution in [2.24, 2.45) is 0 Å². The minimum absolute atomic E-state index is 0.158. The predicted molar refractivity (Wildman–Crippen MR) is 79.3 cm³/mol. The Kier molecular flexibility index (Phi) is 5.09. The van der Waals surface area contributed by atoms with Crippen LogP contribution in [0.3, 0.4) is 0 Å². The molecular weight excluding hydrogens is 276 g/mol. The molecule has 0 aliphatic carbocycles. The monoisotopic (exact) mass is 290 g/mol. The van der Waals surface area contributed by atoms with Gasteiger partial charge in [-0.2, -0.15) is 0 Å². The fourth-order valence-electron chi connectivity index (χ4n) is 1.97. The third-order valence-corrected chi connectivity index (χ3v) is 3.25. The minimum Gasteiger partial charge on any atom is -0.300 e. The van der Waals surface area contributed by atoms with Gasteiger partial charge in [-0.25, -0.2) is 0 Å². The Labute approximate surface area is 122 Å². The average molecular weight is 291 g/mol. The van der Waals surface area contributed by atoms with Crippen molar-refractivity contribution >= 4 is 11.6 Å². The molecule has 104 valence electrons. The van der Waals surface area contributed by atoms with Crippen molar-refractivity contribution in [2.75, 3.05) is 6.54 Å². The molecule has 0 heterocycles. The van der Waals surface area contributed by atoms with E-state index < -0.39 is 0 Å². The van der Waals surface area contributed by atoms with Crippen molar-refractivity contribution in [1.82, 2.24) is 5.32 Å². The minimum atomic E-state index is -0.331. The maximum absolute atomic E-state index is 10.8. The molecule has 0 radical (unpaired) electrons. The maximum atomic E-state index is 10.8. The van der Waals surface area contributed by atoms with E-state index in [9.17, 15) is 10.1 Å². The van der Waals surface area contributed by atoms with E-state index >= 15 is 0 Å². The highest BCUT2D eigenvalue weighted by molar-refractivity contribution is 6.30. The van der Waals surface area contributed by atoms with Crippen LogP contribution in [0.2, 0.25) is 5.02 Å². The summed E-state index contributed by atoms with van der Waals surface area (Å²) in [6.45, 7) is 0.427. The van der Waals surface area contributed by atoms with E-state index in [2.05, 4.69) is 5.32 Å². The second-order valence-corrected chi connectivity index (χ2v) is 4.92. The lowest BCUT2D eigenvalue weighted by Gasteiger charge is -2.15. The SMILES string of the molecule is O=[N+]([O-])CC(NCc1ccccc1)c1ccc(Cl)cc1. The molecule has 0 aromatic heterocycles. The highest BCUT2D eigenvalue weighted by atomic mass is 35.5. The first-order valence-electron chi connectivity index (χ1n) is 6.30. The molecule has 0 amide bonds. The number of nitro groups is 1. The summed E-state index contributed by atoms with van der Waals surface area (Å²) >= 11 is 5.84. The fourth-order valence-corrected chi connectivity index (χ4v) is 2.09. The van der Waals surface area contributed by atoms with E-state index in [1.54, 1.807) is 12.1 Å². The van der Waals surface area contributed by atoms with Gasteiger partial charge in [0.25, 0.3) is 0 Å². The van der Waals surface area contributed by atoms with Gasteiger partial charge in [0.2, 0.25) is 6.54 Å². The van der Waals surface area contributed by atoms with E-state index in [1.165, 1.54) is 0 Å². The molecule has 2 rings (SSSR count). The second kappa shape index (κ2) is 7.03. The summed E-state index contributed by atoms with van der Waals surface area (Å²) in [4.78, 5) is 10.5. The average Bonchev–Trinajstić information content (AvgIpc) is 2.45. The molecule has 4 nitrogen and oxygen atoms in total. The first kappa shape index (κ1) is 14.5. The molecule has 5 heteroatoms. The lowest BCUT2D eigenvalue weighted by atomic mass is 10.1. The van der Waals surface area contributed by atoms with Crippen molar-refractivity contribution in [1.29, 1.82) is 0 Å². The van der Waals surface area contributed by atoms with E-state index in [0.717, 1.165) is 11.1 Å². The fraction of sp³-hybridized carbons (Fsp3) is 0.200. The summed E-state index contributed by atoms with van der Waals surface area (Å²) in [5, 5.41) is 14.6. The number of rotatable bonds is 6. The normalized spacial score (nSPS) is 12.1. The lowest BCUT2D eigenvalue weighted by Crippen LogP contribution is -2.27. The zero-order chi connectivity index (χ0) is 14.4. The Balaban J connectivity index is 2.07. The first-order valence-corrected chi connectivity index (χ1v) is 6.67. The molecule has 0 spiro atoms. The van der Waals surface area contributed by atoms with Gasteiger partial charge in [-0.3, -0.25) is 10.1 Å². The third-order valence-electron chi connectivity index (χ3n) is 3.00. The Morgan fingerprint density at radius 3 is 2.35 bits per heavy atom. The molecule has 0 aliphatic heterocycles. The highest BCUT2D eigenvalue weighted by Crippen LogP contribution is 2.17. The van der Waals surface area contributed by atoms with Gasteiger partial charge in [-0.15, -0.1) is 0 Å². The van der Waals surface area contributed by atoms with Crippen molar-refractivity contribution in [3.63, 3.8) is 0 Å². The van der Waals surface area contributed by atoms with Gasteiger partial charge in [-0.1, -0.05) is 54.1 Å². The van der Waals surface area contributed by atoms with Gasteiger partial charge in [-0.05, 0) is 23.3 Å². The summed E-state index contributed by atoms with van der Waals surface area (Å²) in [5.41, 5.74) is 1.96. The summed E-state index contributed by atoms with van der Waals surface area (Å²) in [6, 6.07) is 16.6. The number of halogens is 1. The first-order chi connectivity index (χ1) is 9.65. The topological polar surface area (TPSA) is 55.2 Å². The van der Waals surface area contributed by atoms with Crippen LogP contribution >= 0.6 is 11.6 Å². The number of hydrogen-bond donors (Lipinski definition) is 1. The Morgan fingerprint density at radius 1 is 1.10 bits per heavy atom. The van der Waals surface area contributed by atoms with Crippen LogP contribution in [0.15, 0.2) is 54.6 Å². The standard InChI is InChI=1S/C15H15ClN2O2/c16-14-8-6-13(7-9-14)15(11-18(19)20)17-10-12-4-2-1-3-5-12/h1-9,15,17H,10-11H2. The number of nitrogens with one attached hydrogen (secondary N) is 1. The molecule has 0 bridgehead atoms. The molecule has 1 N–H and O–H groups in total. The third kappa shape index (κ3) is 4.33. The quantitative estimate of drug-likeness (QED) is 0.655. The summed E-state index contributed by atoms with van der Waals surface area (Å²) in [7, 11) is 0. The van der Waals surface area contributed by atoms with Crippen LogP contribution in [0.5, 0.6) is 0 Å². The van der Waals surface area contributed by atoms with Crippen LogP contribution in [-0.4, -0.2) is 11.5 Å². The van der Waals surface area contributed by atoms with E-state index in [0.29, 0.717) is 11.6 Å². The van der Waals surface area contributed by atoms with E-state index in [1.807, 2.05) is 42.5 Å². The Bertz CT molecular complexity index is 558. The number of nitrogens with zero attached hydrogens (tertiary/aromatic N) is 1. The lowest BCUT2D eigenvalue weighted by molar-refractivity contribution is -0.484. The molecule has 0 fully saturated rings. The zero-order valence-electron chi connectivity index (χ0n) is 10.8. The summed E-state index contributed by atoms with van der Waals surface area (Å²) in [5.74, 6) is 0. The van der Waals surface area contributed by atoms with Crippen molar-refractivity contribution in [3.8, 4) is 0 Å². The van der Waals surface area contributed by atoms with E-state index in [4.69, 9.17) is 11.6 Å². The summed E-state index contributed by atoms with van der Waals surface area (Å²) in [6.07, 6.45) is 0. The van der Waals surface area contributed by atoms with Gasteiger partial charge >= 0.3 is 0 Å². The molecule has 20 heavy (non-hydrogen) atoms. The molecule has 0 aliphatic rings.